The van der Waals surface area contributed by atoms with Gasteiger partial charge in [-0.05, 0) is 29.8 Å². The number of nitrogens with zero attached hydrogens (tertiary/aromatic N) is 5. The monoisotopic (exact) mass is 361 g/mol. The van der Waals surface area contributed by atoms with Crippen molar-refractivity contribution < 1.29 is 4.39 Å². The quantitative estimate of drug-likeness (QED) is 0.512. The topological polar surface area (TPSA) is 84.3 Å². The second kappa shape index (κ2) is 6.83. The maximum atomic E-state index is 13.0. The number of hydrogen-bond acceptors (Lipinski definition) is 5. The minimum atomic E-state index is -0.532. The molecule has 0 amide bonds. The van der Waals surface area contributed by atoms with Gasteiger partial charge in [0.05, 0.1) is 23.6 Å². The first-order valence-corrected chi connectivity index (χ1v) is 8.19. The number of benzene rings is 1. The number of allylic oxidation sites excluding steroid dienone is 2. The number of hydrogen-bond donors (Lipinski definition) is 2. The van der Waals surface area contributed by atoms with Crippen LogP contribution >= 0.6 is 0 Å². The van der Waals surface area contributed by atoms with E-state index in [2.05, 4.69) is 43.6 Å². The summed E-state index contributed by atoms with van der Waals surface area (Å²) in [6, 6.07) is 5.93. The number of aromatic amines is 1. The predicted molar refractivity (Wildman–Crippen MR) is 103 cm³/mol. The third-order valence-corrected chi connectivity index (χ3v) is 4.05. The molecule has 0 bridgehead atoms. The standard InChI is InChI=1S/C19H16FN7/c1-3-13(6-12(2)20)8-21-19-22-10-17-18(25-19)27(11-23-17)15-5-4-14-9-24-26-16(14)7-15/h3-7,9-11H,1-2,8H2,(H,24,26)(H,21,22,25)/b13-6+. The normalized spacial score (nSPS) is 11.8. The second-order valence-corrected chi connectivity index (χ2v) is 5.88. The Labute approximate surface area is 154 Å². The van der Waals surface area contributed by atoms with Crippen LogP contribution in [-0.4, -0.2) is 36.3 Å². The van der Waals surface area contributed by atoms with Crippen molar-refractivity contribution in [2.45, 2.75) is 0 Å². The van der Waals surface area contributed by atoms with E-state index in [1.807, 2.05) is 22.8 Å². The zero-order valence-electron chi connectivity index (χ0n) is 14.4. The zero-order chi connectivity index (χ0) is 18.8. The molecule has 7 nitrogen and oxygen atoms in total. The number of rotatable bonds is 6. The van der Waals surface area contributed by atoms with Crippen LogP contribution in [0, 0.1) is 0 Å². The molecule has 0 fully saturated rings. The number of nitrogens with one attached hydrogen (secondary N) is 2. The Morgan fingerprint density at radius 2 is 2.19 bits per heavy atom. The van der Waals surface area contributed by atoms with E-state index in [9.17, 15) is 4.39 Å². The molecular formula is C19H16FN7. The second-order valence-electron chi connectivity index (χ2n) is 5.88. The third kappa shape index (κ3) is 3.32. The molecule has 8 heteroatoms. The van der Waals surface area contributed by atoms with Gasteiger partial charge in [0.25, 0.3) is 0 Å². The van der Waals surface area contributed by atoms with Crippen molar-refractivity contribution in [2.75, 3.05) is 11.9 Å². The number of imidazole rings is 1. The Bertz CT molecular complexity index is 1190. The maximum absolute atomic E-state index is 13.0. The Morgan fingerprint density at radius 1 is 1.30 bits per heavy atom. The van der Waals surface area contributed by atoms with Gasteiger partial charge in [-0.3, -0.25) is 9.67 Å². The van der Waals surface area contributed by atoms with Crippen LogP contribution in [0.5, 0.6) is 0 Å². The molecule has 0 aliphatic carbocycles. The summed E-state index contributed by atoms with van der Waals surface area (Å²) in [4.78, 5) is 13.1. The number of fused-ring (bicyclic) bond motifs is 2. The van der Waals surface area contributed by atoms with Gasteiger partial charge in [0.1, 0.15) is 17.7 Å². The fraction of sp³-hybridized carbons (Fsp3) is 0.0526. The van der Waals surface area contributed by atoms with Gasteiger partial charge in [0, 0.05) is 11.9 Å². The first-order valence-electron chi connectivity index (χ1n) is 8.19. The molecule has 134 valence electrons. The van der Waals surface area contributed by atoms with Gasteiger partial charge < -0.3 is 5.32 Å². The van der Waals surface area contributed by atoms with E-state index in [-0.39, 0.29) is 0 Å². The van der Waals surface area contributed by atoms with Gasteiger partial charge in [-0.25, -0.2) is 14.4 Å². The molecule has 27 heavy (non-hydrogen) atoms. The van der Waals surface area contributed by atoms with Crippen molar-refractivity contribution in [3.8, 4) is 5.69 Å². The average molecular weight is 361 g/mol. The van der Waals surface area contributed by atoms with Crippen LogP contribution in [0.4, 0.5) is 10.3 Å². The van der Waals surface area contributed by atoms with E-state index in [1.54, 1.807) is 24.8 Å². The van der Waals surface area contributed by atoms with E-state index < -0.39 is 5.83 Å². The molecule has 1 aromatic carbocycles. The van der Waals surface area contributed by atoms with E-state index in [0.717, 1.165) is 16.6 Å². The van der Waals surface area contributed by atoms with E-state index >= 15 is 0 Å². The van der Waals surface area contributed by atoms with Gasteiger partial charge in [-0.15, -0.1) is 0 Å². The smallest absolute Gasteiger partial charge is 0.225 e. The highest BCUT2D eigenvalue weighted by Crippen LogP contribution is 2.20. The van der Waals surface area contributed by atoms with Crippen molar-refractivity contribution >= 4 is 28.0 Å². The van der Waals surface area contributed by atoms with Crippen LogP contribution in [0.2, 0.25) is 0 Å². The summed E-state index contributed by atoms with van der Waals surface area (Å²) in [5, 5.41) is 11.1. The summed E-state index contributed by atoms with van der Waals surface area (Å²) in [5.41, 5.74) is 3.80. The number of H-pyrrole nitrogens is 1. The van der Waals surface area contributed by atoms with Gasteiger partial charge in [0.15, 0.2) is 5.65 Å². The molecule has 0 aliphatic rings. The Balaban J connectivity index is 1.66. The third-order valence-electron chi connectivity index (χ3n) is 4.05. The molecule has 0 spiro atoms. The largest absolute Gasteiger partial charge is 0.350 e. The maximum Gasteiger partial charge on any atom is 0.225 e. The minimum Gasteiger partial charge on any atom is -0.350 e. The van der Waals surface area contributed by atoms with Gasteiger partial charge in [-0.2, -0.15) is 10.1 Å². The summed E-state index contributed by atoms with van der Waals surface area (Å²) in [6.07, 6.45) is 7.97. The first-order chi connectivity index (χ1) is 13.1. The summed E-state index contributed by atoms with van der Waals surface area (Å²) < 4.78 is 14.8. The Morgan fingerprint density at radius 3 is 3.00 bits per heavy atom. The van der Waals surface area contributed by atoms with E-state index in [4.69, 9.17) is 0 Å². The molecule has 0 saturated heterocycles. The molecule has 0 aliphatic heterocycles. The lowest BCUT2D eigenvalue weighted by Crippen LogP contribution is -2.07. The molecule has 3 aromatic heterocycles. The average Bonchev–Trinajstić information content (AvgIpc) is 3.30. The molecule has 0 atom stereocenters. The van der Waals surface area contributed by atoms with Gasteiger partial charge >= 0.3 is 0 Å². The number of anilines is 1. The van der Waals surface area contributed by atoms with Crippen LogP contribution < -0.4 is 5.32 Å². The van der Waals surface area contributed by atoms with Crippen molar-refractivity contribution in [1.29, 1.82) is 0 Å². The lowest BCUT2D eigenvalue weighted by Gasteiger charge is -2.07. The molecule has 4 rings (SSSR count). The molecule has 0 saturated carbocycles. The molecular weight excluding hydrogens is 345 g/mol. The highest BCUT2D eigenvalue weighted by atomic mass is 19.1. The van der Waals surface area contributed by atoms with Crippen molar-refractivity contribution in [1.82, 2.24) is 29.7 Å². The van der Waals surface area contributed by atoms with Crippen molar-refractivity contribution in [3.05, 3.63) is 73.6 Å². The molecule has 0 radical (unpaired) electrons. The first kappa shape index (κ1) is 16.6. The minimum absolute atomic E-state index is 0.326. The molecule has 0 unspecified atom stereocenters. The molecule has 3 heterocycles. The fourth-order valence-corrected chi connectivity index (χ4v) is 2.72. The van der Waals surface area contributed by atoms with Crippen molar-refractivity contribution in [2.24, 2.45) is 0 Å². The van der Waals surface area contributed by atoms with E-state index in [0.29, 0.717) is 29.2 Å². The molecule has 2 N–H and O–H groups in total. The van der Waals surface area contributed by atoms with Crippen LogP contribution in [0.25, 0.3) is 27.8 Å². The summed E-state index contributed by atoms with van der Waals surface area (Å²) in [5.74, 6) is -0.126. The highest BCUT2D eigenvalue weighted by molar-refractivity contribution is 5.81. The van der Waals surface area contributed by atoms with Gasteiger partial charge in [0.2, 0.25) is 5.95 Å². The number of aromatic nitrogens is 6. The lowest BCUT2D eigenvalue weighted by molar-refractivity contribution is 0.670. The van der Waals surface area contributed by atoms with Crippen LogP contribution in [0.1, 0.15) is 0 Å². The summed E-state index contributed by atoms with van der Waals surface area (Å²) >= 11 is 0. The predicted octanol–water partition coefficient (Wildman–Crippen LogP) is 3.70. The molecule has 4 aromatic rings. The Hall–Kier alpha value is -3.81. The fourth-order valence-electron chi connectivity index (χ4n) is 2.72. The van der Waals surface area contributed by atoms with Gasteiger partial charge in [-0.1, -0.05) is 19.2 Å². The Kier molecular flexibility index (Phi) is 4.21. The van der Waals surface area contributed by atoms with Crippen molar-refractivity contribution in [3.63, 3.8) is 0 Å². The SMILES string of the molecule is C=C/C(=C\C(=C)F)CNc1ncc2ncn(-c3ccc4cn[nH]c4c3)c2n1. The number of halogens is 1. The zero-order valence-corrected chi connectivity index (χ0v) is 14.4. The highest BCUT2D eigenvalue weighted by Gasteiger charge is 2.09. The van der Waals surface area contributed by atoms with Crippen LogP contribution in [-0.2, 0) is 0 Å². The summed E-state index contributed by atoms with van der Waals surface area (Å²) in [7, 11) is 0. The summed E-state index contributed by atoms with van der Waals surface area (Å²) in [6.45, 7) is 7.21. The van der Waals surface area contributed by atoms with E-state index in [1.165, 1.54) is 6.08 Å². The van der Waals surface area contributed by atoms with Crippen LogP contribution in [0.15, 0.2) is 73.6 Å². The lowest BCUT2D eigenvalue weighted by atomic mass is 10.2. The van der Waals surface area contributed by atoms with Crippen LogP contribution in [0.3, 0.4) is 0 Å².